The number of aromatic amines is 1. The highest BCUT2D eigenvalue weighted by atomic mass is 32.2. The van der Waals surface area contributed by atoms with E-state index in [-0.39, 0.29) is 0 Å². The van der Waals surface area contributed by atoms with Crippen molar-refractivity contribution in [3.05, 3.63) is 30.5 Å². The van der Waals surface area contributed by atoms with Crippen molar-refractivity contribution in [2.75, 3.05) is 0 Å². The van der Waals surface area contributed by atoms with Crippen LogP contribution in [0.3, 0.4) is 0 Å². The van der Waals surface area contributed by atoms with Crippen molar-refractivity contribution in [3.63, 3.8) is 0 Å². The molecule has 1 aromatic carbocycles. The highest BCUT2D eigenvalue weighted by Gasteiger charge is 2.14. The van der Waals surface area contributed by atoms with Gasteiger partial charge in [0.2, 0.25) is 0 Å². The van der Waals surface area contributed by atoms with Crippen LogP contribution in [0, 0.1) is 0 Å². The van der Waals surface area contributed by atoms with Crippen LogP contribution in [0.15, 0.2) is 35.4 Å². The standard InChI is InChI=1S/C12H11NO4S/c14-11(15)5-9(12(16)17)18-10-6-13-8-4-2-1-3-7(8)10/h1-4,6,9,13H,5H2,(H,14,15)(H,16,17)/p-2/t9-/m0/s1. The van der Waals surface area contributed by atoms with Gasteiger partial charge in [0.25, 0.3) is 0 Å². The number of carbonyl (C=O) groups excluding carboxylic acids is 2. The molecule has 0 saturated carbocycles. The molecule has 2 rings (SSSR count). The van der Waals surface area contributed by atoms with Crippen LogP contribution in [0.25, 0.3) is 10.9 Å². The van der Waals surface area contributed by atoms with Gasteiger partial charge in [0, 0.05) is 34.4 Å². The molecule has 0 aliphatic rings. The number of hydrogen-bond donors (Lipinski definition) is 1. The Morgan fingerprint density at radius 3 is 2.67 bits per heavy atom. The van der Waals surface area contributed by atoms with Gasteiger partial charge in [-0.2, -0.15) is 0 Å². The minimum atomic E-state index is -1.41. The van der Waals surface area contributed by atoms with Gasteiger partial charge >= 0.3 is 0 Å². The molecule has 0 bridgehead atoms. The quantitative estimate of drug-likeness (QED) is 0.735. The van der Waals surface area contributed by atoms with E-state index in [9.17, 15) is 19.8 Å². The number of benzene rings is 1. The maximum absolute atomic E-state index is 10.9. The van der Waals surface area contributed by atoms with Crippen molar-refractivity contribution < 1.29 is 19.8 Å². The molecule has 6 heteroatoms. The van der Waals surface area contributed by atoms with Gasteiger partial charge in [0.15, 0.2) is 0 Å². The van der Waals surface area contributed by atoms with E-state index in [1.165, 1.54) is 0 Å². The van der Waals surface area contributed by atoms with E-state index in [1.54, 1.807) is 6.20 Å². The van der Waals surface area contributed by atoms with Gasteiger partial charge in [-0.1, -0.05) is 18.2 Å². The maximum atomic E-state index is 10.9. The number of nitrogens with one attached hydrogen (secondary N) is 1. The van der Waals surface area contributed by atoms with Gasteiger partial charge in [-0.3, -0.25) is 0 Å². The Hall–Kier alpha value is -1.95. The molecule has 1 heterocycles. The largest absolute Gasteiger partial charge is 0.550 e. The first-order valence-electron chi connectivity index (χ1n) is 5.21. The third-order valence-electron chi connectivity index (χ3n) is 2.44. The second-order valence-electron chi connectivity index (χ2n) is 3.70. The number of aliphatic carboxylic acids is 2. The van der Waals surface area contributed by atoms with Crippen LogP contribution >= 0.6 is 11.8 Å². The summed E-state index contributed by atoms with van der Waals surface area (Å²) in [5, 5.41) is 21.0. The van der Waals surface area contributed by atoms with Crippen LogP contribution in [0.2, 0.25) is 0 Å². The molecule has 2 aromatic rings. The third kappa shape index (κ3) is 2.65. The first-order chi connectivity index (χ1) is 8.58. The molecule has 1 N–H and O–H groups in total. The summed E-state index contributed by atoms with van der Waals surface area (Å²) < 4.78 is 0. The lowest BCUT2D eigenvalue weighted by Gasteiger charge is -2.17. The number of carboxylic acids is 2. The van der Waals surface area contributed by atoms with Gasteiger partial charge in [-0.15, -0.1) is 11.8 Å². The van der Waals surface area contributed by atoms with Gasteiger partial charge in [0.05, 0.1) is 11.2 Å². The third-order valence-corrected chi connectivity index (χ3v) is 3.67. The van der Waals surface area contributed by atoms with E-state index in [2.05, 4.69) is 4.98 Å². The number of aromatic nitrogens is 1. The summed E-state index contributed by atoms with van der Waals surface area (Å²) in [6, 6.07) is 7.36. The van der Waals surface area contributed by atoms with Crippen LogP contribution in [-0.2, 0) is 9.59 Å². The molecule has 0 unspecified atom stereocenters. The Morgan fingerprint density at radius 2 is 2.00 bits per heavy atom. The predicted molar refractivity (Wildman–Crippen MR) is 62.6 cm³/mol. The van der Waals surface area contributed by atoms with Gasteiger partial charge in [-0.05, 0) is 6.07 Å². The van der Waals surface area contributed by atoms with Crippen LogP contribution in [0.4, 0.5) is 0 Å². The molecule has 0 radical (unpaired) electrons. The van der Waals surface area contributed by atoms with Crippen molar-refractivity contribution in [2.24, 2.45) is 0 Å². The number of fused-ring (bicyclic) bond motifs is 1. The van der Waals surface area contributed by atoms with E-state index in [1.807, 2.05) is 24.3 Å². The van der Waals surface area contributed by atoms with Gasteiger partial charge in [-0.25, -0.2) is 0 Å². The number of rotatable bonds is 5. The summed E-state index contributed by atoms with van der Waals surface area (Å²) in [7, 11) is 0. The Labute approximate surface area is 107 Å². The highest BCUT2D eigenvalue weighted by molar-refractivity contribution is 8.00. The summed E-state index contributed by atoms with van der Waals surface area (Å²) >= 11 is 0.947. The number of H-pyrrole nitrogens is 1. The summed E-state index contributed by atoms with van der Waals surface area (Å²) in [5.74, 6) is -2.81. The zero-order valence-corrected chi connectivity index (χ0v) is 10.0. The lowest BCUT2D eigenvalue weighted by Crippen LogP contribution is -2.38. The molecule has 0 amide bonds. The minimum Gasteiger partial charge on any atom is -0.550 e. The van der Waals surface area contributed by atoms with Gasteiger partial charge in [0.1, 0.15) is 0 Å². The Morgan fingerprint density at radius 1 is 1.28 bits per heavy atom. The fourth-order valence-corrected chi connectivity index (χ4v) is 2.67. The average molecular weight is 263 g/mol. The molecule has 1 aromatic heterocycles. The second kappa shape index (κ2) is 5.14. The van der Waals surface area contributed by atoms with Crippen LogP contribution in [-0.4, -0.2) is 22.2 Å². The van der Waals surface area contributed by atoms with E-state index < -0.39 is 23.6 Å². The molecule has 0 fully saturated rings. The van der Waals surface area contributed by atoms with E-state index in [0.29, 0.717) is 4.90 Å². The summed E-state index contributed by atoms with van der Waals surface area (Å²) in [4.78, 5) is 25.0. The molecule has 1 atom stereocenters. The fraction of sp³-hybridized carbons (Fsp3) is 0.167. The summed E-state index contributed by atoms with van der Waals surface area (Å²) in [6.07, 6.45) is 1.08. The average Bonchev–Trinajstić information content (AvgIpc) is 2.71. The molecule has 5 nitrogen and oxygen atoms in total. The number of para-hydroxylation sites is 1. The summed E-state index contributed by atoms with van der Waals surface area (Å²) in [5.41, 5.74) is 0.866. The number of carbonyl (C=O) groups is 2. The number of thioether (sulfide) groups is 1. The minimum absolute atomic E-state index is 0.577. The number of hydrogen-bond acceptors (Lipinski definition) is 5. The Bertz CT molecular complexity index is 593. The fourth-order valence-electron chi connectivity index (χ4n) is 1.62. The van der Waals surface area contributed by atoms with E-state index >= 15 is 0 Å². The van der Waals surface area contributed by atoms with Crippen molar-refractivity contribution in [2.45, 2.75) is 16.6 Å². The molecule has 0 spiro atoms. The zero-order chi connectivity index (χ0) is 13.1. The lowest BCUT2D eigenvalue weighted by atomic mass is 10.2. The molecular weight excluding hydrogens is 254 g/mol. The summed E-state index contributed by atoms with van der Waals surface area (Å²) in [6.45, 7) is 0. The monoisotopic (exact) mass is 263 g/mol. The molecule has 0 aliphatic heterocycles. The maximum Gasteiger partial charge on any atom is 0.0552 e. The van der Waals surface area contributed by atoms with Crippen molar-refractivity contribution in [3.8, 4) is 0 Å². The van der Waals surface area contributed by atoms with E-state index in [4.69, 9.17) is 0 Å². The highest BCUT2D eigenvalue weighted by Crippen LogP contribution is 2.31. The Balaban J connectivity index is 2.26. The molecular formula is C12H9NO4S-2. The van der Waals surface area contributed by atoms with Crippen molar-refractivity contribution >= 4 is 34.6 Å². The first-order valence-corrected chi connectivity index (χ1v) is 6.09. The predicted octanol–water partition coefficient (Wildman–Crippen LogP) is -0.482. The topological polar surface area (TPSA) is 96.0 Å². The van der Waals surface area contributed by atoms with E-state index in [0.717, 1.165) is 22.7 Å². The Kier molecular flexibility index (Phi) is 3.57. The molecule has 0 saturated heterocycles. The first kappa shape index (κ1) is 12.5. The van der Waals surface area contributed by atoms with Crippen molar-refractivity contribution in [1.29, 1.82) is 0 Å². The lowest BCUT2D eigenvalue weighted by molar-refractivity contribution is -0.314. The second-order valence-corrected chi connectivity index (χ2v) is 4.94. The molecule has 94 valence electrons. The van der Waals surface area contributed by atoms with Crippen LogP contribution in [0.1, 0.15) is 6.42 Å². The number of carboxylic acid groups (broad SMARTS) is 2. The van der Waals surface area contributed by atoms with Crippen LogP contribution < -0.4 is 10.2 Å². The molecule has 0 aliphatic carbocycles. The smallest absolute Gasteiger partial charge is 0.0552 e. The van der Waals surface area contributed by atoms with Gasteiger partial charge < -0.3 is 24.8 Å². The molecule has 18 heavy (non-hydrogen) atoms. The normalized spacial score (nSPS) is 12.4. The van der Waals surface area contributed by atoms with Crippen LogP contribution in [0.5, 0.6) is 0 Å². The van der Waals surface area contributed by atoms with Crippen molar-refractivity contribution in [1.82, 2.24) is 4.98 Å². The zero-order valence-electron chi connectivity index (χ0n) is 9.21. The SMILES string of the molecule is O=C([O-])C[C@H](Sc1c[nH]c2ccccc12)C(=O)[O-].